The minimum atomic E-state index is -0.965. The first-order valence-corrected chi connectivity index (χ1v) is 6.21. The van der Waals surface area contributed by atoms with E-state index in [1.165, 1.54) is 23.9 Å². The second-order valence-electron chi connectivity index (χ2n) is 4.76. The van der Waals surface area contributed by atoms with Gasteiger partial charge in [-0.05, 0) is 36.8 Å². The van der Waals surface area contributed by atoms with Crippen LogP contribution >= 0.6 is 0 Å². The van der Waals surface area contributed by atoms with Gasteiger partial charge >= 0.3 is 5.97 Å². The minimum absolute atomic E-state index is 0.211. The van der Waals surface area contributed by atoms with E-state index in [0.29, 0.717) is 5.82 Å². The molecule has 0 fully saturated rings. The lowest BCUT2D eigenvalue weighted by Crippen LogP contribution is -2.10. The Balaban J connectivity index is 2.28. The highest BCUT2D eigenvalue weighted by atomic mass is 16.4. The molecule has 0 aliphatic heterocycles. The van der Waals surface area contributed by atoms with Gasteiger partial charge in [-0.2, -0.15) is 0 Å². The third-order valence-corrected chi connectivity index (χ3v) is 2.97. The lowest BCUT2D eigenvalue weighted by atomic mass is 10.1. The molecule has 0 saturated heterocycles. The lowest BCUT2D eigenvalue weighted by Gasteiger charge is -2.17. The van der Waals surface area contributed by atoms with Gasteiger partial charge in [0.2, 0.25) is 0 Å². The zero-order valence-corrected chi connectivity index (χ0v) is 11.7. The first kappa shape index (κ1) is 13.9. The topological polar surface area (TPSA) is 65.5 Å². The van der Waals surface area contributed by atoms with Crippen LogP contribution in [0.3, 0.4) is 0 Å². The molecule has 5 heteroatoms. The van der Waals surface area contributed by atoms with Crippen molar-refractivity contribution in [3.8, 4) is 0 Å². The SMILES string of the molecule is Cc1ccc(Nc2cc(C(=O)O)ccn2)cc1N(C)C. The maximum atomic E-state index is 10.9. The number of carbonyl (C=O) groups is 1. The highest BCUT2D eigenvalue weighted by Gasteiger charge is 2.06. The fourth-order valence-electron chi connectivity index (χ4n) is 1.95. The number of pyridine rings is 1. The van der Waals surface area contributed by atoms with Crippen molar-refractivity contribution in [2.24, 2.45) is 0 Å². The van der Waals surface area contributed by atoms with E-state index in [9.17, 15) is 4.79 Å². The minimum Gasteiger partial charge on any atom is -0.478 e. The number of nitrogens with zero attached hydrogens (tertiary/aromatic N) is 2. The van der Waals surface area contributed by atoms with Crippen molar-refractivity contribution in [3.05, 3.63) is 47.7 Å². The average Bonchev–Trinajstić information content (AvgIpc) is 2.41. The van der Waals surface area contributed by atoms with Gasteiger partial charge in [-0.25, -0.2) is 9.78 Å². The number of benzene rings is 1. The summed E-state index contributed by atoms with van der Waals surface area (Å²) in [4.78, 5) is 17.1. The van der Waals surface area contributed by atoms with Gasteiger partial charge in [0.15, 0.2) is 0 Å². The number of carboxylic acid groups (broad SMARTS) is 1. The molecule has 0 spiro atoms. The fraction of sp³-hybridized carbons (Fsp3) is 0.200. The van der Waals surface area contributed by atoms with E-state index in [4.69, 9.17) is 5.11 Å². The molecule has 104 valence electrons. The number of hydrogen-bond acceptors (Lipinski definition) is 4. The smallest absolute Gasteiger partial charge is 0.335 e. The van der Waals surface area contributed by atoms with E-state index in [-0.39, 0.29) is 5.56 Å². The summed E-state index contributed by atoms with van der Waals surface area (Å²) in [5.41, 5.74) is 3.36. The molecule has 2 N–H and O–H groups in total. The molecule has 0 unspecified atom stereocenters. The third-order valence-electron chi connectivity index (χ3n) is 2.97. The number of rotatable bonds is 4. The molecule has 2 aromatic rings. The third kappa shape index (κ3) is 3.06. The van der Waals surface area contributed by atoms with E-state index in [0.717, 1.165) is 11.4 Å². The second kappa shape index (κ2) is 5.61. The van der Waals surface area contributed by atoms with Gasteiger partial charge in [0.25, 0.3) is 0 Å². The summed E-state index contributed by atoms with van der Waals surface area (Å²) < 4.78 is 0. The van der Waals surface area contributed by atoms with E-state index in [1.54, 1.807) is 0 Å². The van der Waals surface area contributed by atoms with Crippen LogP contribution in [0.2, 0.25) is 0 Å². The quantitative estimate of drug-likeness (QED) is 0.895. The summed E-state index contributed by atoms with van der Waals surface area (Å²) in [6.45, 7) is 2.04. The summed E-state index contributed by atoms with van der Waals surface area (Å²) in [6, 6.07) is 8.94. The summed E-state index contributed by atoms with van der Waals surface area (Å²) >= 11 is 0. The Hall–Kier alpha value is -2.56. The Morgan fingerprint density at radius 1 is 1.25 bits per heavy atom. The van der Waals surface area contributed by atoms with Crippen LogP contribution in [0.5, 0.6) is 0 Å². The number of aromatic carboxylic acids is 1. The summed E-state index contributed by atoms with van der Waals surface area (Å²) in [6.07, 6.45) is 1.48. The van der Waals surface area contributed by atoms with Crippen LogP contribution in [0.25, 0.3) is 0 Å². The van der Waals surface area contributed by atoms with Crippen LogP contribution in [-0.2, 0) is 0 Å². The Morgan fingerprint density at radius 3 is 2.65 bits per heavy atom. The Morgan fingerprint density at radius 2 is 2.00 bits per heavy atom. The molecule has 0 radical (unpaired) electrons. The molecular weight excluding hydrogens is 254 g/mol. The molecule has 1 aromatic heterocycles. The molecule has 0 aliphatic carbocycles. The normalized spacial score (nSPS) is 10.2. The van der Waals surface area contributed by atoms with Gasteiger partial charge in [0, 0.05) is 31.7 Å². The lowest BCUT2D eigenvalue weighted by molar-refractivity contribution is 0.0697. The van der Waals surface area contributed by atoms with Crippen molar-refractivity contribution in [2.75, 3.05) is 24.3 Å². The van der Waals surface area contributed by atoms with Crippen LogP contribution in [0.1, 0.15) is 15.9 Å². The number of hydrogen-bond donors (Lipinski definition) is 2. The molecule has 20 heavy (non-hydrogen) atoms. The predicted molar refractivity (Wildman–Crippen MR) is 80.0 cm³/mol. The van der Waals surface area contributed by atoms with Gasteiger partial charge in [-0.3, -0.25) is 0 Å². The molecule has 1 heterocycles. The predicted octanol–water partition coefficient (Wildman–Crippen LogP) is 2.90. The van der Waals surface area contributed by atoms with Gasteiger partial charge in [0.1, 0.15) is 5.82 Å². The van der Waals surface area contributed by atoms with E-state index in [2.05, 4.69) is 10.3 Å². The van der Waals surface area contributed by atoms with E-state index >= 15 is 0 Å². The van der Waals surface area contributed by atoms with Crippen LogP contribution in [0.4, 0.5) is 17.2 Å². The van der Waals surface area contributed by atoms with E-state index < -0.39 is 5.97 Å². The fourth-order valence-corrected chi connectivity index (χ4v) is 1.95. The Labute approximate surface area is 117 Å². The highest BCUT2D eigenvalue weighted by molar-refractivity contribution is 5.88. The number of anilines is 3. The van der Waals surface area contributed by atoms with Crippen LogP contribution in [0, 0.1) is 6.92 Å². The maximum Gasteiger partial charge on any atom is 0.335 e. The summed E-state index contributed by atoms with van der Waals surface area (Å²) in [7, 11) is 3.96. The standard InChI is InChI=1S/C15H17N3O2/c1-10-4-5-12(9-13(10)18(2)3)17-14-8-11(15(19)20)6-7-16-14/h4-9H,1-3H3,(H,16,17)(H,19,20). The number of aromatic nitrogens is 1. The molecule has 0 amide bonds. The molecule has 5 nitrogen and oxygen atoms in total. The van der Waals surface area contributed by atoms with Crippen LogP contribution < -0.4 is 10.2 Å². The van der Waals surface area contributed by atoms with Crippen LogP contribution in [-0.4, -0.2) is 30.2 Å². The number of nitrogens with one attached hydrogen (secondary N) is 1. The van der Waals surface area contributed by atoms with Crippen molar-refractivity contribution in [1.82, 2.24) is 4.98 Å². The number of aryl methyl sites for hydroxylation is 1. The molecular formula is C15H17N3O2. The van der Waals surface area contributed by atoms with Gasteiger partial charge in [0.05, 0.1) is 5.56 Å². The van der Waals surface area contributed by atoms with Gasteiger partial charge in [-0.1, -0.05) is 6.07 Å². The summed E-state index contributed by atoms with van der Waals surface area (Å²) in [5, 5.41) is 12.1. The molecule has 2 rings (SSSR count). The molecule has 0 aliphatic rings. The zero-order valence-electron chi connectivity index (χ0n) is 11.7. The number of carboxylic acids is 1. The molecule has 0 bridgehead atoms. The Bertz CT molecular complexity index is 639. The monoisotopic (exact) mass is 271 g/mol. The molecule has 0 atom stereocenters. The Kier molecular flexibility index (Phi) is 3.89. The zero-order chi connectivity index (χ0) is 14.7. The van der Waals surface area contributed by atoms with Gasteiger partial charge < -0.3 is 15.3 Å². The van der Waals surface area contributed by atoms with Gasteiger partial charge in [-0.15, -0.1) is 0 Å². The van der Waals surface area contributed by atoms with Crippen molar-refractivity contribution in [2.45, 2.75) is 6.92 Å². The molecule has 0 saturated carbocycles. The first-order chi connectivity index (χ1) is 9.47. The maximum absolute atomic E-state index is 10.9. The van der Waals surface area contributed by atoms with E-state index in [1.807, 2.05) is 44.1 Å². The first-order valence-electron chi connectivity index (χ1n) is 6.21. The second-order valence-corrected chi connectivity index (χ2v) is 4.76. The summed E-state index contributed by atoms with van der Waals surface area (Å²) in [5.74, 6) is -0.452. The van der Waals surface area contributed by atoms with Crippen LogP contribution in [0.15, 0.2) is 36.5 Å². The highest BCUT2D eigenvalue weighted by Crippen LogP contribution is 2.24. The molecule has 1 aromatic carbocycles. The largest absolute Gasteiger partial charge is 0.478 e. The van der Waals surface area contributed by atoms with Crippen molar-refractivity contribution >= 4 is 23.2 Å². The van der Waals surface area contributed by atoms with Crippen molar-refractivity contribution in [1.29, 1.82) is 0 Å². The van der Waals surface area contributed by atoms with Crippen molar-refractivity contribution in [3.63, 3.8) is 0 Å². The average molecular weight is 271 g/mol. The van der Waals surface area contributed by atoms with Crippen molar-refractivity contribution < 1.29 is 9.90 Å².